The van der Waals surface area contributed by atoms with Crippen LogP contribution in [0.4, 0.5) is 0 Å². The summed E-state index contributed by atoms with van der Waals surface area (Å²) in [5, 5.41) is 10.5. The van der Waals surface area contributed by atoms with E-state index in [1.54, 1.807) is 12.3 Å². The Morgan fingerprint density at radius 1 is 1.11 bits per heavy atom. The fraction of sp³-hybridized carbons (Fsp3) is 0.188. The second-order valence-corrected chi connectivity index (χ2v) is 4.04. The summed E-state index contributed by atoms with van der Waals surface area (Å²) < 4.78 is 0. The van der Waals surface area contributed by atoms with Gasteiger partial charge in [-0.2, -0.15) is 0 Å². The van der Waals surface area contributed by atoms with E-state index in [0.717, 1.165) is 5.56 Å². The molecule has 90 valence electrons. The maximum atomic E-state index is 10.5. The number of rotatable bonds is 2. The lowest BCUT2D eigenvalue weighted by Crippen LogP contribution is -2.23. The first-order valence-electron chi connectivity index (χ1n) is 5.97. The van der Waals surface area contributed by atoms with Gasteiger partial charge in [0.2, 0.25) is 0 Å². The molecule has 0 saturated carbocycles. The summed E-state index contributed by atoms with van der Waals surface area (Å²) in [7, 11) is 0. The third kappa shape index (κ3) is 2.77. The van der Waals surface area contributed by atoms with Crippen LogP contribution in [0.3, 0.4) is 0 Å². The third-order valence-corrected chi connectivity index (χ3v) is 2.79. The number of benzene rings is 1. The van der Waals surface area contributed by atoms with Crippen LogP contribution < -0.4 is 0 Å². The Hall–Kier alpha value is -2.11. The van der Waals surface area contributed by atoms with Crippen molar-refractivity contribution in [2.24, 2.45) is 0 Å². The Morgan fingerprint density at radius 3 is 2.44 bits per heavy atom. The average Bonchev–Trinajstić information content (AvgIpc) is 2.47. The topological polar surface area (TPSA) is 33.1 Å². The van der Waals surface area contributed by atoms with Crippen molar-refractivity contribution >= 4 is 0 Å². The molecule has 2 rings (SSSR count). The average molecular weight is 237 g/mol. The molecule has 0 radical (unpaired) electrons. The lowest BCUT2D eigenvalue weighted by molar-refractivity contribution is 0.0913. The van der Waals surface area contributed by atoms with Gasteiger partial charge >= 0.3 is 0 Å². The molecule has 0 spiro atoms. The predicted molar refractivity (Wildman–Crippen MR) is 71.7 cm³/mol. The van der Waals surface area contributed by atoms with Gasteiger partial charge in [0.05, 0.1) is 5.69 Å². The monoisotopic (exact) mass is 237 g/mol. The molecule has 0 bridgehead atoms. The Kier molecular flexibility index (Phi) is 3.76. The standard InChI is InChI=1S/C16H15NO/c1-2-16(18,15-10-6-7-13-17-15)12-11-14-8-4-3-5-9-14/h3-10,13,18H,2H2,1H3. The molecule has 0 saturated heterocycles. The maximum Gasteiger partial charge on any atom is 0.167 e. The zero-order chi connectivity index (χ0) is 12.8. The van der Waals surface area contributed by atoms with Gasteiger partial charge in [-0.3, -0.25) is 4.98 Å². The largest absolute Gasteiger partial charge is 0.372 e. The fourth-order valence-electron chi connectivity index (χ4n) is 1.64. The summed E-state index contributed by atoms with van der Waals surface area (Å²) in [6, 6.07) is 15.1. The van der Waals surface area contributed by atoms with Crippen LogP contribution in [0.15, 0.2) is 54.7 Å². The van der Waals surface area contributed by atoms with E-state index in [1.807, 2.05) is 49.4 Å². The van der Waals surface area contributed by atoms with Crippen molar-refractivity contribution < 1.29 is 5.11 Å². The number of nitrogens with zero attached hydrogens (tertiary/aromatic N) is 1. The van der Waals surface area contributed by atoms with Gasteiger partial charge in [-0.15, -0.1) is 0 Å². The summed E-state index contributed by atoms with van der Waals surface area (Å²) in [6.45, 7) is 1.90. The molecule has 1 aromatic heterocycles. The van der Waals surface area contributed by atoms with Crippen molar-refractivity contribution in [1.29, 1.82) is 0 Å². The summed E-state index contributed by atoms with van der Waals surface area (Å²) in [6.07, 6.45) is 2.17. The molecular weight excluding hydrogens is 222 g/mol. The molecular formula is C16H15NO. The van der Waals surface area contributed by atoms with Gasteiger partial charge in [0.1, 0.15) is 0 Å². The first kappa shape index (κ1) is 12.3. The van der Waals surface area contributed by atoms with E-state index in [1.165, 1.54) is 0 Å². The van der Waals surface area contributed by atoms with E-state index < -0.39 is 5.60 Å². The van der Waals surface area contributed by atoms with Crippen LogP contribution in [-0.2, 0) is 5.60 Å². The molecule has 0 aliphatic heterocycles. The van der Waals surface area contributed by atoms with Crippen LogP contribution in [0, 0.1) is 11.8 Å². The summed E-state index contributed by atoms with van der Waals surface area (Å²) in [5.74, 6) is 5.92. The van der Waals surface area contributed by atoms with E-state index in [0.29, 0.717) is 12.1 Å². The third-order valence-electron chi connectivity index (χ3n) is 2.79. The van der Waals surface area contributed by atoms with Crippen molar-refractivity contribution in [2.75, 3.05) is 0 Å². The Morgan fingerprint density at radius 2 is 1.83 bits per heavy atom. The van der Waals surface area contributed by atoms with Crippen LogP contribution in [0.25, 0.3) is 0 Å². The fourth-order valence-corrected chi connectivity index (χ4v) is 1.64. The van der Waals surface area contributed by atoms with Crippen LogP contribution in [0.1, 0.15) is 24.6 Å². The molecule has 1 unspecified atom stereocenters. The minimum absolute atomic E-state index is 0.504. The van der Waals surface area contributed by atoms with Crippen molar-refractivity contribution in [1.82, 2.24) is 4.98 Å². The predicted octanol–water partition coefficient (Wildman–Crippen LogP) is 2.73. The molecule has 1 aromatic carbocycles. The van der Waals surface area contributed by atoms with Crippen LogP contribution in [0.5, 0.6) is 0 Å². The molecule has 2 aromatic rings. The van der Waals surface area contributed by atoms with Crippen LogP contribution in [-0.4, -0.2) is 10.1 Å². The molecule has 0 amide bonds. The number of aliphatic hydroxyl groups is 1. The van der Waals surface area contributed by atoms with Crippen molar-refractivity contribution in [3.63, 3.8) is 0 Å². The van der Waals surface area contributed by atoms with E-state index in [9.17, 15) is 5.11 Å². The maximum absolute atomic E-state index is 10.5. The molecule has 0 aliphatic rings. The highest BCUT2D eigenvalue weighted by molar-refractivity contribution is 5.38. The molecule has 0 aliphatic carbocycles. The highest BCUT2D eigenvalue weighted by atomic mass is 16.3. The molecule has 1 heterocycles. The SMILES string of the molecule is CCC(O)(C#Cc1ccccc1)c1ccccn1. The Bertz CT molecular complexity index is 554. The molecule has 18 heavy (non-hydrogen) atoms. The Labute approximate surface area is 107 Å². The second kappa shape index (κ2) is 5.48. The molecule has 1 N–H and O–H groups in total. The second-order valence-electron chi connectivity index (χ2n) is 4.04. The molecule has 2 heteroatoms. The summed E-state index contributed by atoms with van der Waals surface area (Å²) in [5.41, 5.74) is 0.299. The number of pyridine rings is 1. The zero-order valence-electron chi connectivity index (χ0n) is 10.3. The van der Waals surface area contributed by atoms with E-state index in [4.69, 9.17) is 0 Å². The number of hydrogen-bond donors (Lipinski definition) is 1. The first-order chi connectivity index (χ1) is 8.74. The van der Waals surface area contributed by atoms with Crippen molar-refractivity contribution in [3.05, 3.63) is 66.0 Å². The minimum Gasteiger partial charge on any atom is -0.372 e. The highest BCUT2D eigenvalue weighted by Crippen LogP contribution is 2.21. The first-order valence-corrected chi connectivity index (χ1v) is 5.97. The van der Waals surface area contributed by atoms with E-state index in [2.05, 4.69) is 16.8 Å². The molecule has 0 fully saturated rings. The van der Waals surface area contributed by atoms with Gasteiger partial charge in [0.15, 0.2) is 5.60 Å². The van der Waals surface area contributed by atoms with Crippen molar-refractivity contribution in [3.8, 4) is 11.8 Å². The smallest absolute Gasteiger partial charge is 0.167 e. The Balaban J connectivity index is 2.33. The van der Waals surface area contributed by atoms with Gasteiger partial charge in [-0.1, -0.05) is 43.0 Å². The molecule has 1 atom stereocenters. The normalized spacial score (nSPS) is 13.2. The lowest BCUT2D eigenvalue weighted by Gasteiger charge is -2.19. The lowest BCUT2D eigenvalue weighted by atomic mass is 9.96. The van der Waals surface area contributed by atoms with E-state index in [-0.39, 0.29) is 0 Å². The van der Waals surface area contributed by atoms with Crippen LogP contribution in [0.2, 0.25) is 0 Å². The number of aromatic nitrogens is 1. The van der Waals surface area contributed by atoms with Gasteiger partial charge in [-0.25, -0.2) is 0 Å². The van der Waals surface area contributed by atoms with E-state index >= 15 is 0 Å². The van der Waals surface area contributed by atoms with Gasteiger partial charge < -0.3 is 5.11 Å². The highest BCUT2D eigenvalue weighted by Gasteiger charge is 2.25. The van der Waals surface area contributed by atoms with Gasteiger partial charge in [0.25, 0.3) is 0 Å². The number of hydrogen-bond acceptors (Lipinski definition) is 2. The quantitative estimate of drug-likeness (QED) is 0.815. The molecule has 2 nitrogen and oxygen atoms in total. The van der Waals surface area contributed by atoms with Gasteiger partial charge in [-0.05, 0) is 30.7 Å². The minimum atomic E-state index is -1.18. The summed E-state index contributed by atoms with van der Waals surface area (Å²) >= 11 is 0. The summed E-state index contributed by atoms with van der Waals surface area (Å²) in [4.78, 5) is 4.18. The van der Waals surface area contributed by atoms with Crippen LogP contribution >= 0.6 is 0 Å². The van der Waals surface area contributed by atoms with Gasteiger partial charge in [0, 0.05) is 11.8 Å². The van der Waals surface area contributed by atoms with Crippen molar-refractivity contribution in [2.45, 2.75) is 18.9 Å². The zero-order valence-corrected chi connectivity index (χ0v) is 10.3.